The molecule has 0 bridgehead atoms. The highest BCUT2D eigenvalue weighted by atomic mass is 16.6. The topological polar surface area (TPSA) is 78.9 Å². The van der Waals surface area contributed by atoms with E-state index in [0.29, 0.717) is 19.3 Å². The normalized spacial score (nSPS) is 13.4. The van der Waals surface area contributed by atoms with Crippen LogP contribution in [0.2, 0.25) is 0 Å². The minimum absolute atomic E-state index is 0.118. The van der Waals surface area contributed by atoms with Crippen molar-refractivity contribution in [3.63, 3.8) is 0 Å². The van der Waals surface area contributed by atoms with Crippen LogP contribution in [0.15, 0.2) is 182 Å². The van der Waals surface area contributed by atoms with Crippen LogP contribution in [0, 0.1) is 0 Å². The highest BCUT2D eigenvalue weighted by Gasteiger charge is 2.19. The van der Waals surface area contributed by atoms with Gasteiger partial charge in [-0.05, 0) is 148 Å². The Balaban J connectivity index is 4.37. The van der Waals surface area contributed by atoms with E-state index in [9.17, 15) is 14.4 Å². The fourth-order valence-corrected chi connectivity index (χ4v) is 8.12. The molecule has 0 heterocycles. The Morgan fingerprint density at radius 3 is 0.790 bits per heavy atom. The van der Waals surface area contributed by atoms with E-state index in [4.69, 9.17) is 14.2 Å². The number of esters is 3. The van der Waals surface area contributed by atoms with E-state index in [1.165, 1.54) is 38.5 Å². The maximum Gasteiger partial charge on any atom is 0.306 e. The van der Waals surface area contributed by atoms with Crippen molar-refractivity contribution in [3.05, 3.63) is 182 Å². The molecule has 0 aromatic heterocycles. The number of rotatable bonds is 56. The third-order valence-corrected chi connectivity index (χ3v) is 12.9. The van der Waals surface area contributed by atoms with Crippen LogP contribution >= 0.6 is 0 Å². The van der Waals surface area contributed by atoms with Crippen molar-refractivity contribution in [2.45, 2.75) is 258 Å². The van der Waals surface area contributed by atoms with Crippen LogP contribution in [0.3, 0.4) is 0 Å². The summed E-state index contributed by atoms with van der Waals surface area (Å²) in [5, 5.41) is 0. The van der Waals surface area contributed by atoms with Crippen molar-refractivity contribution in [1.29, 1.82) is 0 Å². The standard InChI is InChI=1S/C75H116O6/c1-4-7-10-13-16-19-22-25-27-29-30-31-32-33-34-35-36-37-38-39-40-41-42-43-44-46-47-50-53-56-59-62-65-68-74(77)80-71-72(70-79-73(76)67-64-61-58-55-52-49-24-21-18-15-12-9-6-3)81-75(78)69-66-63-60-57-54-51-48-45-28-26-23-20-17-14-11-8-5-2/h7-8,10-12,15-17,19-21,24-28,30-31,33-34,36-37,39-40,42-43,48,51,57,60,72H,4-6,9,13-14,18,22-23,29,32,35,38,41,44-47,49-50,52-56,58-59,61-71H2,1-3H3/b10-7-,11-8-,15-12-,19-16-,20-17-,24-21-,27-25-,28-26-,31-30-,34-33-,37-36-,40-39-,43-42-,51-48-,60-57-. The summed E-state index contributed by atoms with van der Waals surface area (Å²) in [5.41, 5.74) is 0. The van der Waals surface area contributed by atoms with Crippen molar-refractivity contribution in [3.8, 4) is 0 Å². The molecule has 0 amide bonds. The van der Waals surface area contributed by atoms with Gasteiger partial charge in [0.1, 0.15) is 13.2 Å². The number of carbonyl (C=O) groups is 3. The van der Waals surface area contributed by atoms with E-state index in [-0.39, 0.29) is 37.5 Å². The fraction of sp³-hybridized carbons (Fsp3) is 0.560. The van der Waals surface area contributed by atoms with Crippen molar-refractivity contribution in [2.24, 2.45) is 0 Å². The molecule has 452 valence electrons. The lowest BCUT2D eigenvalue weighted by Crippen LogP contribution is -2.30. The molecule has 6 heteroatoms. The molecule has 0 aliphatic carbocycles. The van der Waals surface area contributed by atoms with E-state index in [2.05, 4.69) is 203 Å². The number of hydrogen-bond acceptors (Lipinski definition) is 6. The molecule has 0 aromatic carbocycles. The summed E-state index contributed by atoms with van der Waals surface area (Å²) >= 11 is 0. The molecule has 81 heavy (non-hydrogen) atoms. The van der Waals surface area contributed by atoms with Gasteiger partial charge in [0, 0.05) is 19.3 Å². The summed E-state index contributed by atoms with van der Waals surface area (Å²) in [5.74, 6) is -1.01. The van der Waals surface area contributed by atoms with E-state index >= 15 is 0 Å². The Kier molecular flexibility index (Phi) is 62.5. The minimum atomic E-state index is -0.828. The van der Waals surface area contributed by atoms with Gasteiger partial charge in [-0.15, -0.1) is 0 Å². The van der Waals surface area contributed by atoms with Gasteiger partial charge in [-0.1, -0.05) is 267 Å². The van der Waals surface area contributed by atoms with E-state index in [0.717, 1.165) is 167 Å². The summed E-state index contributed by atoms with van der Waals surface area (Å²) in [6.45, 7) is 6.27. The van der Waals surface area contributed by atoms with Gasteiger partial charge < -0.3 is 14.2 Å². The minimum Gasteiger partial charge on any atom is -0.462 e. The van der Waals surface area contributed by atoms with Crippen molar-refractivity contribution >= 4 is 17.9 Å². The predicted molar refractivity (Wildman–Crippen MR) is 352 cm³/mol. The molecule has 0 N–H and O–H groups in total. The summed E-state index contributed by atoms with van der Waals surface area (Å²) in [6, 6.07) is 0. The van der Waals surface area contributed by atoms with Gasteiger partial charge in [0.2, 0.25) is 0 Å². The summed E-state index contributed by atoms with van der Waals surface area (Å²) in [4.78, 5) is 38.2. The smallest absolute Gasteiger partial charge is 0.306 e. The summed E-state index contributed by atoms with van der Waals surface area (Å²) in [6.07, 6.45) is 101. The zero-order chi connectivity index (χ0) is 58.5. The van der Waals surface area contributed by atoms with E-state index in [1.54, 1.807) is 0 Å². The molecule has 1 atom stereocenters. The Morgan fingerprint density at radius 1 is 0.259 bits per heavy atom. The molecule has 0 aliphatic heterocycles. The highest BCUT2D eigenvalue weighted by Crippen LogP contribution is 2.14. The van der Waals surface area contributed by atoms with Gasteiger partial charge >= 0.3 is 17.9 Å². The van der Waals surface area contributed by atoms with Crippen molar-refractivity contribution < 1.29 is 28.6 Å². The Morgan fingerprint density at radius 2 is 0.494 bits per heavy atom. The van der Waals surface area contributed by atoms with Crippen LogP contribution < -0.4 is 0 Å². The second-order valence-electron chi connectivity index (χ2n) is 20.5. The molecule has 6 nitrogen and oxygen atoms in total. The maximum atomic E-state index is 12.9. The van der Waals surface area contributed by atoms with Gasteiger partial charge in [-0.2, -0.15) is 0 Å². The third kappa shape index (κ3) is 65.2. The molecule has 0 saturated carbocycles. The first-order chi connectivity index (χ1) is 40.0. The maximum absolute atomic E-state index is 12.9. The Hall–Kier alpha value is -5.49. The molecule has 0 saturated heterocycles. The van der Waals surface area contributed by atoms with Crippen LogP contribution in [0.4, 0.5) is 0 Å². The van der Waals surface area contributed by atoms with Gasteiger partial charge in [0.05, 0.1) is 0 Å². The molecular formula is C75H116O6. The van der Waals surface area contributed by atoms with Crippen LogP contribution in [0.5, 0.6) is 0 Å². The SMILES string of the molecule is CC/C=C\C/C=C\C/C=C\C/C=C\C/C=C\C/C=C\C/C=C\C/C=C\CCCCCCCCCCC(=O)OCC(COC(=O)CCCCCCC/C=C\C/C=C\CCC)OC(=O)CCC/C=C\C/C=C\C/C=C\C/C=C\C/C=C\CC. The average Bonchev–Trinajstić information content (AvgIpc) is 3.46. The lowest BCUT2D eigenvalue weighted by molar-refractivity contribution is -0.167. The first kappa shape index (κ1) is 75.5. The Labute approximate surface area is 497 Å². The second kappa shape index (κ2) is 67.0. The third-order valence-electron chi connectivity index (χ3n) is 12.9. The number of allylic oxidation sites excluding steroid dienone is 30. The van der Waals surface area contributed by atoms with Crippen LogP contribution in [-0.2, 0) is 28.6 Å². The number of unbranched alkanes of at least 4 members (excludes halogenated alkanes) is 15. The molecule has 0 aromatic rings. The first-order valence-corrected chi connectivity index (χ1v) is 32.3. The zero-order valence-corrected chi connectivity index (χ0v) is 51.7. The van der Waals surface area contributed by atoms with Crippen LogP contribution in [-0.4, -0.2) is 37.2 Å². The zero-order valence-electron chi connectivity index (χ0n) is 51.7. The van der Waals surface area contributed by atoms with E-state index in [1.807, 2.05) is 0 Å². The van der Waals surface area contributed by atoms with Gasteiger partial charge in [-0.25, -0.2) is 0 Å². The molecule has 0 aliphatic rings. The predicted octanol–water partition coefficient (Wildman–Crippen LogP) is 22.4. The molecule has 0 radical (unpaired) electrons. The van der Waals surface area contributed by atoms with Gasteiger partial charge in [0.25, 0.3) is 0 Å². The molecule has 0 spiro atoms. The largest absolute Gasteiger partial charge is 0.462 e. The van der Waals surface area contributed by atoms with Crippen LogP contribution in [0.25, 0.3) is 0 Å². The first-order valence-electron chi connectivity index (χ1n) is 32.3. The number of hydrogen-bond donors (Lipinski definition) is 0. The fourth-order valence-electron chi connectivity index (χ4n) is 8.12. The quantitative estimate of drug-likeness (QED) is 0.0261. The monoisotopic (exact) mass is 1110 g/mol. The van der Waals surface area contributed by atoms with Gasteiger partial charge in [0.15, 0.2) is 6.10 Å². The van der Waals surface area contributed by atoms with Crippen molar-refractivity contribution in [1.82, 2.24) is 0 Å². The molecule has 0 fully saturated rings. The average molecular weight is 1110 g/mol. The van der Waals surface area contributed by atoms with Crippen LogP contribution in [0.1, 0.15) is 252 Å². The molecule has 1 unspecified atom stereocenters. The van der Waals surface area contributed by atoms with Crippen molar-refractivity contribution in [2.75, 3.05) is 13.2 Å². The number of carbonyl (C=O) groups excluding carboxylic acids is 3. The second-order valence-corrected chi connectivity index (χ2v) is 20.5. The number of ether oxygens (including phenoxy) is 3. The summed E-state index contributed by atoms with van der Waals surface area (Å²) < 4.78 is 16.8. The lowest BCUT2D eigenvalue weighted by Gasteiger charge is -2.18. The van der Waals surface area contributed by atoms with Gasteiger partial charge in [-0.3, -0.25) is 14.4 Å². The Bertz CT molecular complexity index is 1900. The lowest BCUT2D eigenvalue weighted by atomic mass is 10.1. The molecular weight excluding hydrogens is 997 g/mol. The summed E-state index contributed by atoms with van der Waals surface area (Å²) in [7, 11) is 0. The van der Waals surface area contributed by atoms with E-state index < -0.39 is 6.10 Å². The molecule has 0 rings (SSSR count). The highest BCUT2D eigenvalue weighted by molar-refractivity contribution is 5.71.